The second kappa shape index (κ2) is 8.74. The van der Waals surface area contributed by atoms with Crippen LogP contribution in [0.4, 0.5) is 0 Å². The Morgan fingerprint density at radius 1 is 0.778 bits per heavy atom. The van der Waals surface area contributed by atoms with Gasteiger partial charge in [-0.25, -0.2) is 19.2 Å². The smallest absolute Gasteiger partial charge is 0.344 e. The quantitative estimate of drug-likeness (QED) is 0.339. The molecule has 0 saturated heterocycles. The van der Waals surface area contributed by atoms with Crippen LogP contribution >= 0.6 is 0 Å². The molecule has 0 bridgehead atoms. The van der Waals surface area contributed by atoms with E-state index in [4.69, 9.17) is 0 Å². The van der Waals surface area contributed by atoms with E-state index in [1.165, 1.54) is 0 Å². The van der Waals surface area contributed by atoms with Crippen molar-refractivity contribution < 1.29 is 38.1 Å². The first-order valence-corrected chi connectivity index (χ1v) is 4.64. The zero-order valence-electron chi connectivity index (χ0n) is 9.83. The minimum absolute atomic E-state index is 0.559. The molecule has 0 aromatic rings. The van der Waals surface area contributed by atoms with Gasteiger partial charge in [-0.2, -0.15) is 0 Å². The van der Waals surface area contributed by atoms with Crippen LogP contribution in [-0.2, 0) is 38.1 Å². The summed E-state index contributed by atoms with van der Waals surface area (Å²) in [4.78, 5) is 43.1. The third-order valence-electron chi connectivity index (χ3n) is 1.48. The lowest BCUT2D eigenvalue weighted by molar-refractivity contribution is -0.154. The van der Waals surface area contributed by atoms with Gasteiger partial charge in [0.25, 0.3) is 0 Å². The molecular weight excluding hydrogens is 248 g/mol. The minimum atomic E-state index is -0.921. The van der Waals surface area contributed by atoms with Crippen molar-refractivity contribution in [1.29, 1.82) is 0 Å². The fourth-order valence-corrected chi connectivity index (χ4v) is 0.610. The lowest BCUT2D eigenvalue weighted by Crippen LogP contribution is -2.15. The number of rotatable bonds is 6. The number of hydrogen-bond acceptors (Lipinski definition) is 8. The second-order valence-electron chi connectivity index (χ2n) is 2.70. The first-order chi connectivity index (χ1) is 8.49. The molecule has 18 heavy (non-hydrogen) atoms. The molecule has 0 aliphatic carbocycles. The Morgan fingerprint density at radius 2 is 1.11 bits per heavy atom. The largest absolute Gasteiger partial charge is 0.466 e. The van der Waals surface area contributed by atoms with Gasteiger partial charge in [-0.15, -0.1) is 0 Å². The number of methoxy groups -OCH3 is 2. The highest BCUT2D eigenvalue weighted by Gasteiger charge is 2.07. The summed E-state index contributed by atoms with van der Waals surface area (Å²) in [6.45, 7) is -1.12. The summed E-state index contributed by atoms with van der Waals surface area (Å²) in [7, 11) is 2.27. The molecule has 0 unspecified atom stereocenters. The van der Waals surface area contributed by atoms with Gasteiger partial charge in [0.15, 0.2) is 13.2 Å². The maximum Gasteiger partial charge on any atom is 0.344 e. The van der Waals surface area contributed by atoms with Crippen LogP contribution in [-0.4, -0.2) is 51.3 Å². The maximum atomic E-state index is 10.9. The van der Waals surface area contributed by atoms with E-state index >= 15 is 0 Å². The molecule has 0 N–H and O–H groups in total. The number of ether oxygens (including phenoxy) is 4. The number of carbonyl (C=O) groups is 4. The molecule has 0 rings (SSSR count). The third kappa shape index (κ3) is 7.85. The third-order valence-corrected chi connectivity index (χ3v) is 1.48. The minimum Gasteiger partial charge on any atom is -0.466 e. The summed E-state index contributed by atoms with van der Waals surface area (Å²) in [5.41, 5.74) is 0. The van der Waals surface area contributed by atoms with Crippen molar-refractivity contribution in [2.45, 2.75) is 0 Å². The summed E-state index contributed by atoms with van der Waals surface area (Å²) in [6.07, 6.45) is 1.51. The van der Waals surface area contributed by atoms with E-state index in [2.05, 4.69) is 18.9 Å². The number of carbonyl (C=O) groups excluding carboxylic acids is 4. The number of esters is 4. The van der Waals surface area contributed by atoms with Gasteiger partial charge in [-0.1, -0.05) is 0 Å². The highest BCUT2D eigenvalue weighted by atomic mass is 16.6. The van der Waals surface area contributed by atoms with Crippen LogP contribution in [0.3, 0.4) is 0 Å². The van der Waals surface area contributed by atoms with Crippen molar-refractivity contribution in [2.24, 2.45) is 0 Å². The van der Waals surface area contributed by atoms with Gasteiger partial charge in [0.1, 0.15) is 0 Å². The van der Waals surface area contributed by atoms with Crippen molar-refractivity contribution in [1.82, 2.24) is 0 Å². The standard InChI is InChI=1S/C10H12O8/c1-15-9(13)5-17-7(11)3-4-8(12)18-6-10(14)16-2/h3-4H,5-6H2,1-2H3/b4-3-. The Morgan fingerprint density at radius 3 is 1.39 bits per heavy atom. The average molecular weight is 260 g/mol. The summed E-state index contributed by atoms with van der Waals surface area (Å²) in [5, 5.41) is 0. The van der Waals surface area contributed by atoms with E-state index < -0.39 is 37.1 Å². The van der Waals surface area contributed by atoms with Gasteiger partial charge in [0, 0.05) is 12.2 Å². The molecule has 0 heterocycles. The molecule has 0 aliphatic rings. The fourth-order valence-electron chi connectivity index (χ4n) is 0.610. The highest BCUT2D eigenvalue weighted by molar-refractivity contribution is 5.92. The molecule has 0 saturated carbocycles. The SMILES string of the molecule is COC(=O)COC(=O)/C=C\C(=O)OCC(=O)OC. The summed E-state index contributed by atoms with van der Waals surface area (Å²) >= 11 is 0. The predicted molar refractivity (Wildman–Crippen MR) is 55.1 cm³/mol. The molecule has 100 valence electrons. The molecule has 8 heteroatoms. The van der Waals surface area contributed by atoms with Crippen molar-refractivity contribution in [3.05, 3.63) is 12.2 Å². The number of hydrogen-bond donors (Lipinski definition) is 0. The molecule has 0 fully saturated rings. The molecule has 0 amide bonds. The molecule has 8 nitrogen and oxygen atoms in total. The zero-order valence-corrected chi connectivity index (χ0v) is 9.83. The van der Waals surface area contributed by atoms with E-state index in [-0.39, 0.29) is 0 Å². The first kappa shape index (κ1) is 15.6. The van der Waals surface area contributed by atoms with Gasteiger partial charge in [0.2, 0.25) is 0 Å². The van der Waals surface area contributed by atoms with Gasteiger partial charge in [-0.3, -0.25) is 0 Å². The van der Waals surface area contributed by atoms with Crippen molar-refractivity contribution in [2.75, 3.05) is 27.4 Å². The molecule has 0 atom stereocenters. The van der Waals surface area contributed by atoms with Gasteiger partial charge >= 0.3 is 23.9 Å². The van der Waals surface area contributed by atoms with Gasteiger partial charge in [-0.05, 0) is 0 Å². The molecular formula is C10H12O8. The molecule has 0 radical (unpaired) electrons. The van der Waals surface area contributed by atoms with E-state index in [0.29, 0.717) is 0 Å². The van der Waals surface area contributed by atoms with Crippen LogP contribution < -0.4 is 0 Å². The van der Waals surface area contributed by atoms with Crippen LogP contribution in [0.1, 0.15) is 0 Å². The van der Waals surface area contributed by atoms with Crippen LogP contribution in [0.5, 0.6) is 0 Å². The van der Waals surface area contributed by atoms with E-state index in [1.54, 1.807) is 0 Å². The Hall–Kier alpha value is -2.38. The van der Waals surface area contributed by atoms with E-state index in [9.17, 15) is 19.2 Å². The Balaban J connectivity index is 3.92. The molecule has 0 aliphatic heterocycles. The summed E-state index contributed by atoms with van der Waals surface area (Å²) < 4.78 is 17.2. The van der Waals surface area contributed by atoms with Crippen molar-refractivity contribution >= 4 is 23.9 Å². The fraction of sp³-hybridized carbons (Fsp3) is 0.400. The van der Waals surface area contributed by atoms with Crippen molar-refractivity contribution in [3.63, 3.8) is 0 Å². The van der Waals surface area contributed by atoms with Gasteiger partial charge in [0.05, 0.1) is 14.2 Å². The Labute approximate surface area is 102 Å². The topological polar surface area (TPSA) is 105 Å². The van der Waals surface area contributed by atoms with E-state index in [1.807, 2.05) is 0 Å². The average Bonchev–Trinajstić information content (AvgIpc) is 2.39. The molecule has 0 aromatic carbocycles. The van der Waals surface area contributed by atoms with Crippen LogP contribution in [0.2, 0.25) is 0 Å². The van der Waals surface area contributed by atoms with Crippen LogP contribution in [0.15, 0.2) is 12.2 Å². The lowest BCUT2D eigenvalue weighted by atomic mass is 10.5. The Bertz CT molecular complexity index is 323. The first-order valence-electron chi connectivity index (χ1n) is 4.64. The predicted octanol–water partition coefficient (Wildman–Crippen LogP) is -1.02. The highest BCUT2D eigenvalue weighted by Crippen LogP contribution is 1.87. The lowest BCUT2D eigenvalue weighted by Gasteiger charge is -2.00. The van der Waals surface area contributed by atoms with Crippen molar-refractivity contribution in [3.8, 4) is 0 Å². The van der Waals surface area contributed by atoms with Gasteiger partial charge < -0.3 is 18.9 Å². The maximum absolute atomic E-state index is 10.9. The van der Waals surface area contributed by atoms with Crippen LogP contribution in [0, 0.1) is 0 Å². The monoisotopic (exact) mass is 260 g/mol. The zero-order chi connectivity index (χ0) is 14.0. The second-order valence-corrected chi connectivity index (χ2v) is 2.70. The summed E-state index contributed by atoms with van der Waals surface area (Å²) in [6, 6.07) is 0. The molecule has 0 spiro atoms. The van der Waals surface area contributed by atoms with Crippen LogP contribution in [0.25, 0.3) is 0 Å². The Kier molecular flexibility index (Phi) is 7.58. The van der Waals surface area contributed by atoms with E-state index in [0.717, 1.165) is 26.4 Å². The summed E-state index contributed by atoms with van der Waals surface area (Å²) in [5.74, 6) is -3.30. The normalized spacial score (nSPS) is 9.67. The molecule has 0 aromatic heterocycles.